The summed E-state index contributed by atoms with van der Waals surface area (Å²) < 4.78 is 34.5. The molecular formula is C13H16F2N2O4. The minimum atomic E-state index is -3.68. The lowest BCUT2D eigenvalue weighted by molar-refractivity contribution is -0.142. The molecule has 2 N–H and O–H groups in total. The van der Waals surface area contributed by atoms with Crippen molar-refractivity contribution in [3.05, 3.63) is 45.8 Å². The molecule has 1 aromatic heterocycles. The number of nitrogens with zero attached hydrogens (tertiary/aromatic N) is 1. The highest BCUT2D eigenvalue weighted by Crippen LogP contribution is 2.50. The Morgan fingerprint density at radius 1 is 1.57 bits per heavy atom. The van der Waals surface area contributed by atoms with E-state index in [1.54, 1.807) is 6.92 Å². The third-order valence-corrected chi connectivity index (χ3v) is 3.73. The Bertz CT molecular complexity index is 654. The van der Waals surface area contributed by atoms with Gasteiger partial charge >= 0.3 is 11.6 Å². The number of rotatable bonds is 4. The van der Waals surface area contributed by atoms with E-state index in [1.807, 2.05) is 4.98 Å². The summed E-state index contributed by atoms with van der Waals surface area (Å²) >= 11 is 0. The Hall–Kier alpha value is -1.80. The van der Waals surface area contributed by atoms with Gasteiger partial charge in [-0.25, -0.2) is 4.79 Å². The first-order valence-corrected chi connectivity index (χ1v) is 6.44. The summed E-state index contributed by atoms with van der Waals surface area (Å²) in [4.78, 5) is 24.6. The van der Waals surface area contributed by atoms with Crippen LogP contribution in [0, 0.1) is 0 Å². The highest BCUT2D eigenvalue weighted by molar-refractivity contribution is 5.07. The number of aromatic amines is 1. The van der Waals surface area contributed by atoms with Crippen molar-refractivity contribution in [1.29, 1.82) is 0 Å². The van der Waals surface area contributed by atoms with Crippen LogP contribution in [-0.2, 0) is 4.74 Å². The molecule has 0 spiro atoms. The van der Waals surface area contributed by atoms with Crippen molar-refractivity contribution in [3.8, 4) is 0 Å². The van der Waals surface area contributed by atoms with E-state index in [4.69, 9.17) is 4.74 Å². The molecule has 0 saturated carbocycles. The molecule has 0 bridgehead atoms. The molecule has 2 rings (SSSR count). The standard InChI is InChI=1S/C13H16F2N2O4/c1-3-6-12(4-2)9(19)13(14,15)10(21-12)17-7-5-8(18)16-11(17)20/h3,5,7,9-10,19H,1,4,6H2,2H3,(H,16,18,20). The van der Waals surface area contributed by atoms with Gasteiger partial charge in [0.05, 0.1) is 0 Å². The van der Waals surface area contributed by atoms with Gasteiger partial charge in [0.25, 0.3) is 5.56 Å². The van der Waals surface area contributed by atoms with Gasteiger partial charge in [-0.2, -0.15) is 8.78 Å². The fourth-order valence-corrected chi connectivity index (χ4v) is 2.53. The van der Waals surface area contributed by atoms with Crippen molar-refractivity contribution in [1.82, 2.24) is 9.55 Å². The van der Waals surface area contributed by atoms with E-state index >= 15 is 0 Å². The van der Waals surface area contributed by atoms with Gasteiger partial charge in [-0.1, -0.05) is 13.0 Å². The van der Waals surface area contributed by atoms with E-state index in [0.29, 0.717) is 4.57 Å². The summed E-state index contributed by atoms with van der Waals surface area (Å²) in [6.45, 7) is 5.07. The van der Waals surface area contributed by atoms with E-state index in [2.05, 4.69) is 6.58 Å². The van der Waals surface area contributed by atoms with Crippen molar-refractivity contribution in [3.63, 3.8) is 0 Å². The van der Waals surface area contributed by atoms with Crippen molar-refractivity contribution in [2.24, 2.45) is 0 Å². The molecule has 21 heavy (non-hydrogen) atoms. The van der Waals surface area contributed by atoms with Crippen LogP contribution in [0.15, 0.2) is 34.5 Å². The van der Waals surface area contributed by atoms with Gasteiger partial charge in [0.2, 0.25) is 6.23 Å². The monoisotopic (exact) mass is 302 g/mol. The van der Waals surface area contributed by atoms with Crippen LogP contribution in [-0.4, -0.2) is 32.3 Å². The number of aromatic nitrogens is 2. The van der Waals surface area contributed by atoms with Gasteiger partial charge in [0, 0.05) is 12.3 Å². The molecule has 1 aliphatic rings. The Balaban J connectivity index is 2.52. The number of hydrogen-bond acceptors (Lipinski definition) is 4. The Labute approximate surface area is 118 Å². The van der Waals surface area contributed by atoms with Crippen LogP contribution in [0.5, 0.6) is 0 Å². The highest BCUT2D eigenvalue weighted by atomic mass is 19.3. The van der Waals surface area contributed by atoms with Gasteiger partial charge in [-0.05, 0) is 12.8 Å². The zero-order valence-electron chi connectivity index (χ0n) is 11.4. The summed E-state index contributed by atoms with van der Waals surface area (Å²) in [6.07, 6.45) is -1.65. The maximum absolute atomic E-state index is 14.3. The van der Waals surface area contributed by atoms with E-state index in [1.165, 1.54) is 6.08 Å². The molecular weight excluding hydrogens is 286 g/mol. The topological polar surface area (TPSA) is 84.3 Å². The molecule has 1 aromatic rings. The molecule has 116 valence electrons. The van der Waals surface area contributed by atoms with E-state index in [-0.39, 0.29) is 12.8 Å². The predicted octanol–water partition coefficient (Wildman–Crippen LogP) is 0.786. The average molecular weight is 302 g/mol. The van der Waals surface area contributed by atoms with Gasteiger partial charge in [0.15, 0.2) is 6.10 Å². The number of alkyl halides is 2. The van der Waals surface area contributed by atoms with E-state index in [0.717, 1.165) is 12.3 Å². The molecule has 1 aliphatic heterocycles. The molecule has 0 aromatic carbocycles. The molecule has 6 nitrogen and oxygen atoms in total. The average Bonchev–Trinajstić information content (AvgIpc) is 2.61. The zero-order valence-corrected chi connectivity index (χ0v) is 11.4. The van der Waals surface area contributed by atoms with Gasteiger partial charge in [0.1, 0.15) is 5.60 Å². The summed E-state index contributed by atoms with van der Waals surface area (Å²) in [5, 5.41) is 9.97. The number of hydrogen-bond donors (Lipinski definition) is 2. The fourth-order valence-electron chi connectivity index (χ4n) is 2.53. The minimum Gasteiger partial charge on any atom is -0.384 e. The van der Waals surface area contributed by atoms with Gasteiger partial charge in [-0.3, -0.25) is 14.3 Å². The first-order valence-electron chi connectivity index (χ1n) is 6.44. The van der Waals surface area contributed by atoms with Crippen LogP contribution in [0.2, 0.25) is 0 Å². The van der Waals surface area contributed by atoms with Crippen molar-refractivity contribution >= 4 is 0 Å². The van der Waals surface area contributed by atoms with Crippen LogP contribution in [0.25, 0.3) is 0 Å². The lowest BCUT2D eigenvalue weighted by Gasteiger charge is -2.29. The second-order valence-corrected chi connectivity index (χ2v) is 4.98. The number of H-pyrrole nitrogens is 1. The number of ether oxygens (including phenoxy) is 1. The second-order valence-electron chi connectivity index (χ2n) is 4.98. The van der Waals surface area contributed by atoms with Crippen molar-refractivity contribution < 1.29 is 18.6 Å². The molecule has 0 aliphatic carbocycles. The summed E-state index contributed by atoms with van der Waals surface area (Å²) in [6, 6.07) is 0.937. The molecule has 0 amide bonds. The maximum Gasteiger partial charge on any atom is 0.330 e. The minimum absolute atomic E-state index is 0.00879. The maximum atomic E-state index is 14.3. The predicted molar refractivity (Wildman–Crippen MR) is 70.2 cm³/mol. The largest absolute Gasteiger partial charge is 0.384 e. The Morgan fingerprint density at radius 2 is 2.24 bits per heavy atom. The van der Waals surface area contributed by atoms with Crippen LogP contribution < -0.4 is 11.2 Å². The first kappa shape index (κ1) is 15.6. The summed E-state index contributed by atoms with van der Waals surface area (Å²) in [5.74, 6) is -3.68. The number of aliphatic hydroxyl groups is 1. The van der Waals surface area contributed by atoms with Crippen molar-refractivity contribution in [2.75, 3.05) is 0 Å². The summed E-state index contributed by atoms with van der Waals surface area (Å²) in [7, 11) is 0. The molecule has 2 heterocycles. The highest BCUT2D eigenvalue weighted by Gasteiger charge is 2.65. The quantitative estimate of drug-likeness (QED) is 0.805. The van der Waals surface area contributed by atoms with Crippen LogP contribution >= 0.6 is 0 Å². The molecule has 1 saturated heterocycles. The Morgan fingerprint density at radius 3 is 2.76 bits per heavy atom. The number of nitrogens with one attached hydrogen (secondary N) is 1. The zero-order chi connectivity index (χ0) is 15.8. The summed E-state index contributed by atoms with van der Waals surface area (Å²) in [5.41, 5.74) is -3.25. The van der Waals surface area contributed by atoms with E-state index in [9.17, 15) is 23.5 Å². The molecule has 3 unspecified atom stereocenters. The van der Waals surface area contributed by atoms with Crippen molar-refractivity contribution in [2.45, 2.75) is 43.6 Å². The molecule has 8 heteroatoms. The van der Waals surface area contributed by atoms with Gasteiger partial charge in [-0.15, -0.1) is 6.58 Å². The van der Waals surface area contributed by atoms with E-state index < -0.39 is 35.1 Å². The third-order valence-electron chi connectivity index (χ3n) is 3.73. The molecule has 1 fully saturated rings. The van der Waals surface area contributed by atoms with Gasteiger partial charge < -0.3 is 9.84 Å². The molecule has 3 atom stereocenters. The Kier molecular flexibility index (Phi) is 3.85. The normalized spacial score (nSPS) is 31.2. The van der Waals surface area contributed by atoms with Crippen LogP contribution in [0.1, 0.15) is 26.0 Å². The smallest absolute Gasteiger partial charge is 0.330 e. The lowest BCUT2D eigenvalue weighted by Crippen LogP contribution is -2.46. The van der Waals surface area contributed by atoms with Crippen LogP contribution in [0.4, 0.5) is 8.78 Å². The third kappa shape index (κ3) is 2.34. The van der Waals surface area contributed by atoms with Crippen LogP contribution in [0.3, 0.4) is 0 Å². The fraction of sp³-hybridized carbons (Fsp3) is 0.538. The lowest BCUT2D eigenvalue weighted by atomic mass is 9.88. The number of aliphatic hydroxyl groups excluding tert-OH is 1. The molecule has 0 radical (unpaired) electrons. The number of halogens is 2. The SMILES string of the molecule is C=CCC1(CC)OC(n2ccc(=O)[nH]c2=O)C(F)(F)C1O. The second kappa shape index (κ2) is 5.19. The first-order chi connectivity index (χ1) is 9.78.